The van der Waals surface area contributed by atoms with E-state index in [4.69, 9.17) is 16.2 Å². The molecule has 1 aliphatic rings. The lowest BCUT2D eigenvalue weighted by molar-refractivity contribution is -0.274. The lowest BCUT2D eigenvalue weighted by atomic mass is 9.97. The van der Waals surface area contributed by atoms with Crippen LogP contribution in [-0.2, 0) is 0 Å². The first-order valence-corrected chi connectivity index (χ1v) is 11.8. The predicted molar refractivity (Wildman–Crippen MR) is 126 cm³/mol. The summed E-state index contributed by atoms with van der Waals surface area (Å²) in [7, 11) is 0. The van der Waals surface area contributed by atoms with Gasteiger partial charge in [-0.2, -0.15) is 9.55 Å². The minimum atomic E-state index is -4.94. The van der Waals surface area contributed by atoms with Gasteiger partial charge in [-0.25, -0.2) is 14.6 Å². The number of hydrogen-bond donors (Lipinski definition) is 2. The summed E-state index contributed by atoms with van der Waals surface area (Å²) in [5.41, 5.74) is 9.37. The summed E-state index contributed by atoms with van der Waals surface area (Å²) in [5, 5.41) is 1.98. The molecule has 4 rings (SSSR count). The number of carbonyl (C=O) groups is 3. The van der Waals surface area contributed by atoms with Crippen molar-refractivity contribution in [2.75, 3.05) is 18.8 Å². The van der Waals surface area contributed by atoms with Gasteiger partial charge in [-0.05, 0) is 25.0 Å². The molecule has 0 spiro atoms. The highest BCUT2D eigenvalue weighted by molar-refractivity contribution is 7.09. The van der Waals surface area contributed by atoms with Crippen molar-refractivity contribution in [2.24, 2.45) is 5.73 Å². The Bertz CT molecular complexity index is 1450. The van der Waals surface area contributed by atoms with Crippen LogP contribution in [0.5, 0.6) is 11.8 Å². The summed E-state index contributed by atoms with van der Waals surface area (Å²) < 4.78 is 47.5. The molecule has 0 bridgehead atoms. The van der Waals surface area contributed by atoms with Gasteiger partial charge in [-0.3, -0.25) is 9.59 Å². The van der Waals surface area contributed by atoms with E-state index in [-0.39, 0.29) is 36.1 Å². The van der Waals surface area contributed by atoms with E-state index in [1.54, 1.807) is 0 Å². The molecular formula is C22H19F3N6O6S. The van der Waals surface area contributed by atoms with Crippen LogP contribution < -0.4 is 26.5 Å². The average molecular weight is 552 g/mol. The Kier molecular flexibility index (Phi) is 7.34. The van der Waals surface area contributed by atoms with Gasteiger partial charge < -0.3 is 25.8 Å². The van der Waals surface area contributed by atoms with Gasteiger partial charge in [-0.15, -0.1) is 24.5 Å². The number of ether oxygens (including phenoxy) is 2. The normalized spacial score (nSPS) is 14.2. The molecule has 0 unspecified atom stereocenters. The molecule has 38 heavy (non-hydrogen) atoms. The van der Waals surface area contributed by atoms with Crippen molar-refractivity contribution >= 4 is 35.1 Å². The van der Waals surface area contributed by atoms with Crippen LogP contribution in [-0.4, -0.2) is 56.8 Å². The maximum atomic E-state index is 12.9. The summed E-state index contributed by atoms with van der Waals surface area (Å²) in [5.74, 6) is -2.60. The van der Waals surface area contributed by atoms with Crippen molar-refractivity contribution in [3.63, 3.8) is 0 Å². The number of rotatable bonds is 5. The Morgan fingerprint density at radius 3 is 2.45 bits per heavy atom. The number of nitrogens with zero attached hydrogens (tertiary/aromatic N) is 4. The predicted octanol–water partition coefficient (Wildman–Crippen LogP) is 2.35. The first kappa shape index (κ1) is 26.6. The fourth-order valence-corrected chi connectivity index (χ4v) is 4.77. The number of carbonyl (C=O) groups excluding carboxylic acids is 3. The third kappa shape index (κ3) is 5.91. The first-order chi connectivity index (χ1) is 17.9. The maximum absolute atomic E-state index is 12.9. The monoisotopic (exact) mass is 552 g/mol. The van der Waals surface area contributed by atoms with E-state index < -0.39 is 41.6 Å². The number of likely N-dealkylation sites (tertiary alicyclic amines) is 1. The van der Waals surface area contributed by atoms with E-state index >= 15 is 0 Å². The molecule has 2 aromatic heterocycles. The van der Waals surface area contributed by atoms with Gasteiger partial charge >= 0.3 is 24.4 Å². The van der Waals surface area contributed by atoms with Crippen LogP contribution in [0.1, 0.15) is 44.6 Å². The van der Waals surface area contributed by atoms with Gasteiger partial charge in [0.1, 0.15) is 11.6 Å². The molecule has 200 valence electrons. The van der Waals surface area contributed by atoms with Crippen LogP contribution in [0, 0.1) is 0 Å². The van der Waals surface area contributed by atoms with E-state index in [0.717, 1.165) is 23.5 Å². The highest BCUT2D eigenvalue weighted by atomic mass is 32.1. The van der Waals surface area contributed by atoms with Gasteiger partial charge in [0.25, 0.3) is 11.5 Å². The van der Waals surface area contributed by atoms with Crippen molar-refractivity contribution in [1.82, 2.24) is 19.4 Å². The molecule has 12 nitrogen and oxygen atoms in total. The molecule has 1 aliphatic heterocycles. The molecule has 0 saturated carbocycles. The molecule has 3 heterocycles. The molecule has 0 radical (unpaired) electrons. The summed E-state index contributed by atoms with van der Waals surface area (Å²) in [6, 6.07) is 4.03. The number of aromatic nitrogens is 3. The quantitative estimate of drug-likeness (QED) is 0.451. The number of nitrogen functional groups attached to an aromatic ring is 1. The number of primary amides is 1. The van der Waals surface area contributed by atoms with Gasteiger partial charge in [0.15, 0.2) is 5.69 Å². The van der Waals surface area contributed by atoms with Crippen LogP contribution in [0.4, 0.5) is 23.8 Å². The van der Waals surface area contributed by atoms with Crippen LogP contribution in [0.2, 0.25) is 0 Å². The number of amides is 2. The van der Waals surface area contributed by atoms with E-state index in [1.165, 1.54) is 28.5 Å². The number of halogens is 3. The zero-order chi connectivity index (χ0) is 27.6. The standard InChI is InChI=1S/C22H19F3N6O6S/c23-22(24,25)37-14-4-2-1-3-12(14)18(33)30-7-5-11(6-8-30)17-28-13(10-38-17)19(34)36-21-29-15(26)9-16(32)31(21)20(27)35/h1-4,9-11H,5-8,26H2,(H2,27,35). The molecule has 16 heteroatoms. The number of benzene rings is 1. The Balaban J connectivity index is 1.41. The van der Waals surface area contributed by atoms with Gasteiger partial charge in [0, 0.05) is 30.5 Å². The van der Waals surface area contributed by atoms with Crippen molar-refractivity contribution in [1.29, 1.82) is 0 Å². The van der Waals surface area contributed by atoms with Gasteiger partial charge in [0.2, 0.25) is 0 Å². The largest absolute Gasteiger partial charge is 0.573 e. The second-order valence-electron chi connectivity index (χ2n) is 8.05. The van der Waals surface area contributed by atoms with E-state index in [1.807, 2.05) is 0 Å². The van der Waals surface area contributed by atoms with Crippen LogP contribution in [0.15, 0.2) is 40.5 Å². The van der Waals surface area contributed by atoms with Crippen LogP contribution in [0.3, 0.4) is 0 Å². The maximum Gasteiger partial charge on any atom is 0.573 e. The van der Waals surface area contributed by atoms with Gasteiger partial charge in [-0.1, -0.05) is 12.1 Å². The highest BCUT2D eigenvalue weighted by Gasteiger charge is 2.34. The number of thiazole rings is 1. The molecule has 3 aromatic rings. The summed E-state index contributed by atoms with van der Waals surface area (Å²) in [6.45, 7) is 0.475. The fourth-order valence-electron chi connectivity index (χ4n) is 3.81. The molecule has 0 atom stereocenters. The number of para-hydroxylation sites is 1. The van der Waals surface area contributed by atoms with E-state index in [0.29, 0.717) is 22.4 Å². The van der Waals surface area contributed by atoms with Crippen LogP contribution >= 0.6 is 11.3 Å². The number of hydrogen-bond acceptors (Lipinski definition) is 10. The Labute approximate surface area is 215 Å². The number of nitrogens with two attached hydrogens (primary N) is 2. The Morgan fingerprint density at radius 2 is 1.79 bits per heavy atom. The van der Waals surface area contributed by atoms with E-state index in [9.17, 15) is 32.3 Å². The fraction of sp³-hybridized carbons (Fsp3) is 0.273. The molecule has 2 amide bonds. The second kappa shape index (κ2) is 10.5. The molecule has 1 saturated heterocycles. The van der Waals surface area contributed by atoms with Crippen molar-refractivity contribution < 1.29 is 37.0 Å². The zero-order valence-electron chi connectivity index (χ0n) is 19.3. The van der Waals surface area contributed by atoms with Gasteiger partial charge in [0.05, 0.1) is 10.6 Å². The Morgan fingerprint density at radius 1 is 1.11 bits per heavy atom. The number of alkyl halides is 3. The molecular weight excluding hydrogens is 533 g/mol. The van der Waals surface area contributed by atoms with Crippen LogP contribution in [0.25, 0.3) is 0 Å². The lowest BCUT2D eigenvalue weighted by Crippen LogP contribution is -2.38. The van der Waals surface area contributed by atoms with Crippen molar-refractivity contribution in [2.45, 2.75) is 25.1 Å². The molecule has 1 fully saturated rings. The summed E-state index contributed by atoms with van der Waals surface area (Å²) in [6.07, 6.45) is -4.06. The minimum Gasteiger partial charge on any atom is -0.405 e. The highest BCUT2D eigenvalue weighted by Crippen LogP contribution is 2.33. The zero-order valence-corrected chi connectivity index (χ0v) is 20.1. The SMILES string of the molecule is NC(=O)n1c(OC(=O)c2csc(C3CCN(C(=O)c4ccccc4OC(F)(F)F)CC3)n2)nc(N)cc1=O. The minimum absolute atomic E-state index is 0.116. The number of anilines is 1. The number of piperidine rings is 1. The average Bonchev–Trinajstić information content (AvgIpc) is 3.33. The topological polar surface area (TPSA) is 173 Å². The summed E-state index contributed by atoms with van der Waals surface area (Å²) in [4.78, 5) is 58.3. The second-order valence-corrected chi connectivity index (χ2v) is 8.94. The molecule has 0 aliphatic carbocycles. The third-order valence-electron chi connectivity index (χ3n) is 5.52. The molecule has 1 aromatic carbocycles. The lowest BCUT2D eigenvalue weighted by Gasteiger charge is -2.31. The third-order valence-corrected chi connectivity index (χ3v) is 6.53. The Hall–Kier alpha value is -4.47. The first-order valence-electron chi connectivity index (χ1n) is 10.9. The van der Waals surface area contributed by atoms with Crippen molar-refractivity contribution in [3.05, 3.63) is 62.3 Å². The smallest absolute Gasteiger partial charge is 0.405 e. The molecule has 4 N–H and O–H groups in total. The van der Waals surface area contributed by atoms with Crippen molar-refractivity contribution in [3.8, 4) is 11.8 Å². The summed E-state index contributed by atoms with van der Waals surface area (Å²) >= 11 is 1.16. The van der Waals surface area contributed by atoms with E-state index in [2.05, 4.69) is 14.7 Å². The number of esters is 1.